The predicted octanol–water partition coefficient (Wildman–Crippen LogP) is 2.34. The molecule has 0 saturated heterocycles. The molecule has 0 fully saturated rings. The third-order valence-electron chi connectivity index (χ3n) is 0. The molecule has 38 valence electrons. The molecule has 0 amide bonds. The van der Waals surface area contributed by atoms with Crippen molar-refractivity contribution in [3.63, 3.8) is 0 Å². The van der Waals surface area contributed by atoms with Crippen LogP contribution in [0.5, 0.6) is 0 Å². The quantitative estimate of drug-likeness (QED) is 0.533. The summed E-state index contributed by atoms with van der Waals surface area (Å²) in [4.78, 5) is 0. The summed E-state index contributed by atoms with van der Waals surface area (Å²) in [6, 6.07) is 0. The average Bonchev–Trinajstić information content (AvgIpc) is 0. The Morgan fingerprint density at radius 1 is 0.400 bits per heavy atom. The van der Waals surface area contributed by atoms with Gasteiger partial charge in [0.1, 0.15) is 0 Å². The maximum Gasteiger partial charge on any atom is 0 e. The molecule has 0 aromatic heterocycles. The lowest BCUT2D eigenvalue weighted by molar-refractivity contribution is 5.85. The Hall–Kier alpha value is 1.51. The lowest BCUT2D eigenvalue weighted by atomic mass is 32.1. The number of rotatable bonds is 0. The summed E-state index contributed by atoms with van der Waals surface area (Å²) in [5.74, 6) is 0. The normalized spacial score (nSPS) is 0. The van der Waals surface area contributed by atoms with E-state index >= 15 is 0 Å². The number of hydrogen-bond donors (Lipinski definition) is 0. The number of halogens is 4. The molecule has 5 heavy (non-hydrogen) atoms. The van der Waals surface area contributed by atoms with Crippen molar-refractivity contribution in [2.24, 2.45) is 0 Å². The van der Waals surface area contributed by atoms with Crippen molar-refractivity contribution >= 4 is 63.1 Å². The van der Waals surface area contributed by atoms with Crippen molar-refractivity contribution in [1.82, 2.24) is 0 Å². The van der Waals surface area contributed by atoms with Gasteiger partial charge in [0.2, 0.25) is 0 Å². The van der Waals surface area contributed by atoms with Crippen LogP contribution in [0.1, 0.15) is 0 Å². The summed E-state index contributed by atoms with van der Waals surface area (Å²) in [6.45, 7) is 0. The van der Waals surface area contributed by atoms with Crippen LogP contribution in [-0.4, -0.2) is 0 Å². The van der Waals surface area contributed by atoms with Gasteiger partial charge in [0.05, 0.1) is 0 Å². The largest absolute Gasteiger partial charge is 0.147 e. The van der Waals surface area contributed by atoms with Crippen LogP contribution >= 0.6 is 63.1 Å². The van der Waals surface area contributed by atoms with Crippen molar-refractivity contribution in [3.8, 4) is 0 Å². The zero-order valence-corrected chi connectivity index (χ0v) is 6.12. The van der Waals surface area contributed by atoms with Gasteiger partial charge in [-0.15, -0.1) is 49.6 Å². The van der Waals surface area contributed by atoms with Gasteiger partial charge in [0.15, 0.2) is 0 Å². The SMILES string of the molecule is Cl.Cl.Cl.Cl.[S]. The van der Waals surface area contributed by atoms with Gasteiger partial charge in [0.25, 0.3) is 0 Å². The molecule has 0 rings (SSSR count). The molecule has 2 radical (unpaired) electrons. The van der Waals surface area contributed by atoms with Gasteiger partial charge >= 0.3 is 0 Å². The van der Waals surface area contributed by atoms with E-state index in [0.29, 0.717) is 0 Å². The van der Waals surface area contributed by atoms with E-state index in [4.69, 9.17) is 0 Å². The van der Waals surface area contributed by atoms with E-state index in [2.05, 4.69) is 0 Å². The first-order valence-corrected chi connectivity index (χ1v) is 0. The zero-order chi connectivity index (χ0) is 0. The molecule has 0 heterocycles. The maximum atomic E-state index is 0. The van der Waals surface area contributed by atoms with Crippen LogP contribution in [-0.2, 0) is 0 Å². The minimum atomic E-state index is 0. The van der Waals surface area contributed by atoms with Crippen LogP contribution in [0.4, 0.5) is 0 Å². The molecule has 0 bridgehead atoms. The van der Waals surface area contributed by atoms with Gasteiger partial charge in [-0.2, -0.15) is 0 Å². The Bertz CT molecular complexity index is 3.61. The Morgan fingerprint density at radius 2 is 0.400 bits per heavy atom. The fourth-order valence-electron chi connectivity index (χ4n) is 0. The number of hydrogen-bond acceptors (Lipinski definition) is 0. The van der Waals surface area contributed by atoms with E-state index < -0.39 is 0 Å². The van der Waals surface area contributed by atoms with Gasteiger partial charge in [-0.3, -0.25) is 0 Å². The molecule has 0 aliphatic carbocycles. The highest BCUT2D eigenvalue weighted by molar-refractivity contribution is 7.59. The lowest BCUT2D eigenvalue weighted by Gasteiger charge is -0.148. The topological polar surface area (TPSA) is 0 Å². The van der Waals surface area contributed by atoms with Crippen molar-refractivity contribution in [1.29, 1.82) is 0 Å². The maximum absolute atomic E-state index is 0. The van der Waals surface area contributed by atoms with Gasteiger partial charge in [-0.25, -0.2) is 0 Å². The highest BCUT2D eigenvalue weighted by Gasteiger charge is 0.0000279. The molecule has 0 aliphatic rings. The summed E-state index contributed by atoms with van der Waals surface area (Å²) in [5, 5.41) is 0. The van der Waals surface area contributed by atoms with Gasteiger partial charge in [0, 0.05) is 13.5 Å². The average molecular weight is 178 g/mol. The van der Waals surface area contributed by atoms with Crippen molar-refractivity contribution in [3.05, 3.63) is 0 Å². The zero-order valence-electron chi connectivity index (χ0n) is 2.04. The Balaban J connectivity index is 0. The molecule has 0 saturated carbocycles. The van der Waals surface area contributed by atoms with Crippen LogP contribution in [0.3, 0.4) is 0 Å². The van der Waals surface area contributed by atoms with Crippen molar-refractivity contribution < 1.29 is 0 Å². The van der Waals surface area contributed by atoms with Gasteiger partial charge in [-0.1, -0.05) is 0 Å². The predicted molar refractivity (Wildman–Crippen MR) is 36.6 cm³/mol. The van der Waals surface area contributed by atoms with E-state index in [0.717, 1.165) is 0 Å². The van der Waals surface area contributed by atoms with Crippen LogP contribution in [0.25, 0.3) is 0 Å². The standard InChI is InChI=1S/4ClH.S/h4*1H;. The fraction of sp³-hybridized carbons (Fsp3) is 0. The minimum absolute atomic E-state index is 0. The summed E-state index contributed by atoms with van der Waals surface area (Å²) < 4.78 is 0. The second-order valence-corrected chi connectivity index (χ2v) is 0. The highest BCUT2D eigenvalue weighted by Crippen LogP contribution is 0.693. The molecular weight excluding hydrogens is 174 g/mol. The first-order chi connectivity index (χ1) is 0. The smallest absolute Gasteiger partial charge is 0 e. The van der Waals surface area contributed by atoms with Gasteiger partial charge < -0.3 is 0 Å². The van der Waals surface area contributed by atoms with Crippen molar-refractivity contribution in [2.75, 3.05) is 0 Å². The van der Waals surface area contributed by atoms with Crippen molar-refractivity contribution in [2.45, 2.75) is 0 Å². The molecule has 0 unspecified atom stereocenters. The second kappa shape index (κ2) is 49.2. The molecular formula is H4Cl4S. The molecule has 0 aliphatic heterocycles. The van der Waals surface area contributed by atoms with Crippen LogP contribution in [0, 0.1) is 0 Å². The Labute approximate surface area is 63.2 Å². The summed E-state index contributed by atoms with van der Waals surface area (Å²) in [7, 11) is 0. The first-order valence-electron chi connectivity index (χ1n) is 0. The Morgan fingerprint density at radius 3 is 0.400 bits per heavy atom. The van der Waals surface area contributed by atoms with E-state index in [1.54, 1.807) is 0 Å². The monoisotopic (exact) mass is 176 g/mol. The Kier molecular flexibility index (Phi) is 852. The molecule has 0 aromatic carbocycles. The summed E-state index contributed by atoms with van der Waals surface area (Å²) >= 11 is 0. The molecule has 0 nitrogen and oxygen atoms in total. The van der Waals surface area contributed by atoms with E-state index in [1.165, 1.54) is 0 Å². The molecule has 0 atom stereocenters. The molecule has 0 N–H and O–H groups in total. The first kappa shape index (κ1) is 86.7. The summed E-state index contributed by atoms with van der Waals surface area (Å²) in [6.07, 6.45) is 0. The molecule has 0 aromatic rings. The van der Waals surface area contributed by atoms with Crippen LogP contribution < -0.4 is 0 Å². The summed E-state index contributed by atoms with van der Waals surface area (Å²) in [5.41, 5.74) is 0. The van der Waals surface area contributed by atoms with Crippen LogP contribution in [0.2, 0.25) is 0 Å². The van der Waals surface area contributed by atoms with E-state index in [1.807, 2.05) is 0 Å². The third-order valence-corrected chi connectivity index (χ3v) is 0. The minimum Gasteiger partial charge on any atom is -0.147 e. The second-order valence-electron chi connectivity index (χ2n) is 0. The highest BCUT2D eigenvalue weighted by atomic mass is 35.5. The van der Waals surface area contributed by atoms with E-state index in [9.17, 15) is 0 Å². The molecule has 5 heteroatoms. The lowest BCUT2D eigenvalue weighted by Crippen LogP contribution is 0.648. The fourth-order valence-corrected chi connectivity index (χ4v) is 0. The van der Waals surface area contributed by atoms with Crippen LogP contribution in [0.15, 0.2) is 0 Å². The van der Waals surface area contributed by atoms with E-state index in [-0.39, 0.29) is 63.1 Å². The van der Waals surface area contributed by atoms with Gasteiger partial charge in [-0.05, 0) is 0 Å². The third kappa shape index (κ3) is 29.8. The molecule has 0 spiro atoms.